The molecule has 2 aromatic carbocycles. The molecule has 0 fully saturated rings. The van der Waals surface area contributed by atoms with E-state index >= 15 is 0 Å². The highest BCUT2D eigenvalue weighted by molar-refractivity contribution is 7.13. The number of hydrogen-bond acceptors (Lipinski definition) is 4. The maximum Gasteiger partial charge on any atom is 0.255 e. The summed E-state index contributed by atoms with van der Waals surface area (Å²) in [5.74, 6) is -0.241. The third kappa shape index (κ3) is 4.30. The molecular formula is C19H17N3O2S. The van der Waals surface area contributed by atoms with Crippen LogP contribution in [0, 0.1) is 0 Å². The molecule has 0 bridgehead atoms. The number of carbonyl (C=O) groups excluding carboxylic acids is 2. The smallest absolute Gasteiger partial charge is 0.255 e. The Hall–Kier alpha value is -2.99. The van der Waals surface area contributed by atoms with Gasteiger partial charge < -0.3 is 5.32 Å². The first kappa shape index (κ1) is 16.9. The van der Waals surface area contributed by atoms with E-state index < -0.39 is 0 Å². The summed E-state index contributed by atoms with van der Waals surface area (Å²) in [6, 6.07) is 16.5. The van der Waals surface area contributed by atoms with Crippen LogP contribution in [0.3, 0.4) is 0 Å². The summed E-state index contributed by atoms with van der Waals surface area (Å²) >= 11 is 1.41. The number of nitrogens with one attached hydrogen (secondary N) is 1. The van der Waals surface area contributed by atoms with Crippen molar-refractivity contribution in [3.63, 3.8) is 0 Å². The van der Waals surface area contributed by atoms with Gasteiger partial charge in [0, 0.05) is 29.8 Å². The van der Waals surface area contributed by atoms with Crippen molar-refractivity contribution in [1.29, 1.82) is 0 Å². The SMILES string of the molecule is CC(=O)N(Cc1cccc(NC(=O)c2ccccc2)c1)c1nccs1. The summed E-state index contributed by atoms with van der Waals surface area (Å²) in [4.78, 5) is 30.0. The number of rotatable bonds is 5. The van der Waals surface area contributed by atoms with E-state index in [-0.39, 0.29) is 11.8 Å². The molecule has 0 saturated heterocycles. The minimum atomic E-state index is -0.166. The number of benzene rings is 2. The largest absolute Gasteiger partial charge is 0.322 e. The van der Waals surface area contributed by atoms with Crippen LogP contribution >= 0.6 is 11.3 Å². The van der Waals surface area contributed by atoms with Crippen molar-refractivity contribution in [3.8, 4) is 0 Å². The predicted octanol–water partition coefficient (Wildman–Crippen LogP) is 3.95. The van der Waals surface area contributed by atoms with Crippen LogP contribution in [0.15, 0.2) is 66.2 Å². The molecule has 0 aliphatic carbocycles. The van der Waals surface area contributed by atoms with Crippen LogP contribution < -0.4 is 10.2 Å². The molecule has 6 heteroatoms. The van der Waals surface area contributed by atoms with Gasteiger partial charge in [-0.2, -0.15) is 0 Å². The normalized spacial score (nSPS) is 10.3. The summed E-state index contributed by atoms with van der Waals surface area (Å²) < 4.78 is 0. The molecule has 0 saturated carbocycles. The molecule has 0 unspecified atom stereocenters. The number of carbonyl (C=O) groups is 2. The molecule has 1 heterocycles. The molecule has 3 rings (SSSR count). The van der Waals surface area contributed by atoms with Crippen molar-refractivity contribution in [3.05, 3.63) is 77.3 Å². The topological polar surface area (TPSA) is 62.3 Å². The number of amides is 2. The van der Waals surface area contributed by atoms with Crippen LogP contribution in [0.1, 0.15) is 22.8 Å². The van der Waals surface area contributed by atoms with E-state index in [0.717, 1.165) is 5.56 Å². The van der Waals surface area contributed by atoms with E-state index in [0.29, 0.717) is 22.9 Å². The number of hydrogen-bond donors (Lipinski definition) is 1. The fourth-order valence-electron chi connectivity index (χ4n) is 2.39. The van der Waals surface area contributed by atoms with Crippen LogP contribution in [0.25, 0.3) is 0 Å². The molecule has 2 amide bonds. The summed E-state index contributed by atoms with van der Waals surface area (Å²) in [6.45, 7) is 1.92. The van der Waals surface area contributed by atoms with E-state index in [2.05, 4.69) is 10.3 Å². The molecule has 1 N–H and O–H groups in total. The molecule has 0 aliphatic heterocycles. The Labute approximate surface area is 149 Å². The maximum absolute atomic E-state index is 12.3. The molecule has 1 aromatic heterocycles. The lowest BCUT2D eigenvalue weighted by atomic mass is 10.1. The third-order valence-electron chi connectivity index (χ3n) is 3.59. The molecule has 3 aromatic rings. The van der Waals surface area contributed by atoms with Crippen molar-refractivity contribution in [2.24, 2.45) is 0 Å². The molecule has 0 radical (unpaired) electrons. The minimum absolute atomic E-state index is 0.0753. The lowest BCUT2D eigenvalue weighted by Crippen LogP contribution is -2.27. The van der Waals surface area contributed by atoms with Gasteiger partial charge in [0.05, 0.1) is 6.54 Å². The van der Waals surface area contributed by atoms with E-state index in [1.807, 2.05) is 47.8 Å². The van der Waals surface area contributed by atoms with Crippen LogP contribution in [0.2, 0.25) is 0 Å². The zero-order chi connectivity index (χ0) is 17.6. The zero-order valence-electron chi connectivity index (χ0n) is 13.7. The van der Waals surface area contributed by atoms with Gasteiger partial charge in [-0.3, -0.25) is 14.5 Å². The van der Waals surface area contributed by atoms with Gasteiger partial charge in [0.15, 0.2) is 5.13 Å². The summed E-state index contributed by atoms with van der Waals surface area (Å²) in [7, 11) is 0. The molecular weight excluding hydrogens is 334 g/mol. The molecule has 0 spiro atoms. The van der Waals surface area contributed by atoms with Gasteiger partial charge in [-0.15, -0.1) is 11.3 Å². The Morgan fingerprint density at radius 2 is 1.92 bits per heavy atom. The predicted molar refractivity (Wildman–Crippen MR) is 99.8 cm³/mol. The first-order valence-corrected chi connectivity index (χ1v) is 8.64. The Balaban J connectivity index is 1.75. The van der Waals surface area contributed by atoms with Crippen molar-refractivity contribution in [1.82, 2.24) is 4.98 Å². The van der Waals surface area contributed by atoms with E-state index in [1.165, 1.54) is 18.3 Å². The van der Waals surface area contributed by atoms with Crippen molar-refractivity contribution in [2.45, 2.75) is 13.5 Å². The van der Waals surface area contributed by atoms with E-state index in [4.69, 9.17) is 0 Å². The minimum Gasteiger partial charge on any atom is -0.322 e. The van der Waals surface area contributed by atoms with E-state index in [1.54, 1.807) is 23.2 Å². The fraction of sp³-hybridized carbons (Fsp3) is 0.105. The Morgan fingerprint density at radius 3 is 2.60 bits per heavy atom. The Bertz CT molecular complexity index is 863. The molecule has 25 heavy (non-hydrogen) atoms. The zero-order valence-corrected chi connectivity index (χ0v) is 14.5. The second-order valence-electron chi connectivity index (χ2n) is 5.44. The molecule has 5 nitrogen and oxygen atoms in total. The highest BCUT2D eigenvalue weighted by atomic mass is 32.1. The fourth-order valence-corrected chi connectivity index (χ4v) is 3.07. The van der Waals surface area contributed by atoms with Gasteiger partial charge in [0.2, 0.25) is 5.91 Å². The lowest BCUT2D eigenvalue weighted by molar-refractivity contribution is -0.116. The first-order chi connectivity index (χ1) is 12.1. The standard InChI is InChI=1S/C19H17N3O2S/c1-14(23)22(19-20-10-11-25-19)13-15-6-5-9-17(12-15)21-18(24)16-7-3-2-4-8-16/h2-12H,13H2,1H3,(H,21,24). The summed E-state index contributed by atoms with van der Waals surface area (Å²) in [5, 5.41) is 5.37. The number of nitrogens with zero attached hydrogens (tertiary/aromatic N) is 2. The second-order valence-corrected chi connectivity index (χ2v) is 6.31. The Morgan fingerprint density at radius 1 is 1.12 bits per heavy atom. The second kappa shape index (κ2) is 7.72. The van der Waals surface area contributed by atoms with Crippen LogP contribution in [0.4, 0.5) is 10.8 Å². The van der Waals surface area contributed by atoms with Gasteiger partial charge in [0.25, 0.3) is 5.91 Å². The van der Waals surface area contributed by atoms with Crippen molar-refractivity contribution in [2.75, 3.05) is 10.2 Å². The average molecular weight is 351 g/mol. The monoisotopic (exact) mass is 351 g/mol. The Kier molecular flexibility index (Phi) is 5.20. The van der Waals surface area contributed by atoms with Crippen LogP contribution in [0.5, 0.6) is 0 Å². The van der Waals surface area contributed by atoms with Gasteiger partial charge in [0.1, 0.15) is 0 Å². The summed E-state index contributed by atoms with van der Waals surface area (Å²) in [6.07, 6.45) is 1.67. The maximum atomic E-state index is 12.3. The third-order valence-corrected chi connectivity index (χ3v) is 4.39. The van der Waals surface area contributed by atoms with Gasteiger partial charge in [-0.1, -0.05) is 30.3 Å². The van der Waals surface area contributed by atoms with Gasteiger partial charge in [-0.05, 0) is 29.8 Å². The highest BCUT2D eigenvalue weighted by Gasteiger charge is 2.15. The van der Waals surface area contributed by atoms with Crippen LogP contribution in [-0.2, 0) is 11.3 Å². The number of thiazole rings is 1. The van der Waals surface area contributed by atoms with E-state index in [9.17, 15) is 9.59 Å². The van der Waals surface area contributed by atoms with Gasteiger partial charge >= 0.3 is 0 Å². The lowest BCUT2D eigenvalue weighted by Gasteiger charge is -2.18. The quantitative estimate of drug-likeness (QED) is 0.757. The molecule has 126 valence electrons. The molecule has 0 atom stereocenters. The summed E-state index contributed by atoms with van der Waals surface area (Å²) in [5.41, 5.74) is 2.20. The van der Waals surface area contributed by atoms with Crippen LogP contribution in [-0.4, -0.2) is 16.8 Å². The van der Waals surface area contributed by atoms with Crippen molar-refractivity contribution >= 4 is 34.0 Å². The highest BCUT2D eigenvalue weighted by Crippen LogP contribution is 2.21. The average Bonchev–Trinajstić information content (AvgIpc) is 3.15. The number of aromatic nitrogens is 1. The molecule has 0 aliphatic rings. The van der Waals surface area contributed by atoms with Gasteiger partial charge in [-0.25, -0.2) is 4.98 Å². The number of anilines is 2. The van der Waals surface area contributed by atoms with Crippen molar-refractivity contribution < 1.29 is 9.59 Å². The first-order valence-electron chi connectivity index (χ1n) is 7.76.